The molecule has 0 fully saturated rings. The molecule has 0 bridgehead atoms. The maximum absolute atomic E-state index is 11.9. The fourth-order valence-corrected chi connectivity index (χ4v) is 6.00. The van der Waals surface area contributed by atoms with Gasteiger partial charge in [0, 0.05) is 23.0 Å². The number of hydrogen-bond acceptors (Lipinski definition) is 7. The van der Waals surface area contributed by atoms with Crippen LogP contribution in [0.15, 0.2) is 97.1 Å². The lowest BCUT2D eigenvalue weighted by Crippen LogP contribution is -2.29. The molecule has 0 radical (unpaired) electrons. The van der Waals surface area contributed by atoms with E-state index in [0.29, 0.717) is 60.2 Å². The van der Waals surface area contributed by atoms with Crippen molar-refractivity contribution in [1.82, 2.24) is 0 Å². The third-order valence-corrected chi connectivity index (χ3v) is 8.44. The quantitative estimate of drug-likeness (QED) is 0.138. The maximum Gasteiger partial charge on any atom is 0.125 e. The lowest BCUT2D eigenvalue weighted by atomic mass is 9.82. The maximum atomic E-state index is 11.9. The lowest BCUT2D eigenvalue weighted by molar-refractivity contribution is 0.00604. The van der Waals surface area contributed by atoms with E-state index in [1.807, 2.05) is 72.8 Å². The molecule has 4 aromatic carbocycles. The van der Waals surface area contributed by atoms with Crippen LogP contribution in [0.2, 0.25) is 0 Å². The van der Waals surface area contributed by atoms with Crippen molar-refractivity contribution in [1.29, 1.82) is 0 Å². The van der Waals surface area contributed by atoms with Gasteiger partial charge in [-0.05, 0) is 74.2 Å². The summed E-state index contributed by atoms with van der Waals surface area (Å²) in [5, 5.41) is 23.7. The van der Waals surface area contributed by atoms with Crippen molar-refractivity contribution in [2.45, 2.75) is 49.7 Å². The van der Waals surface area contributed by atoms with E-state index in [2.05, 4.69) is 24.3 Å². The first-order valence-electron chi connectivity index (χ1n) is 15.2. The van der Waals surface area contributed by atoms with Gasteiger partial charge < -0.3 is 33.9 Å². The number of ether oxygens (including phenoxy) is 5. The van der Waals surface area contributed by atoms with Gasteiger partial charge >= 0.3 is 0 Å². The van der Waals surface area contributed by atoms with Crippen molar-refractivity contribution in [3.8, 4) is 23.0 Å². The van der Waals surface area contributed by atoms with Crippen LogP contribution in [-0.2, 0) is 15.9 Å². The molecular formula is C38H46O7. The predicted molar refractivity (Wildman–Crippen MR) is 177 cm³/mol. The molecule has 4 aromatic rings. The second-order valence-corrected chi connectivity index (χ2v) is 11.8. The Kier molecular flexibility index (Phi) is 11.5. The van der Waals surface area contributed by atoms with Gasteiger partial charge in [0.15, 0.2) is 0 Å². The molecule has 7 heteroatoms. The van der Waals surface area contributed by atoms with E-state index in [0.717, 1.165) is 11.1 Å². The molecule has 4 atom stereocenters. The molecule has 7 nitrogen and oxygen atoms in total. The van der Waals surface area contributed by atoms with Gasteiger partial charge in [0.05, 0.1) is 52.9 Å². The summed E-state index contributed by atoms with van der Waals surface area (Å²) in [5.74, 6) is 2.20. The Morgan fingerprint density at radius 3 is 1.24 bits per heavy atom. The van der Waals surface area contributed by atoms with Gasteiger partial charge in [-0.2, -0.15) is 0 Å². The van der Waals surface area contributed by atoms with E-state index in [1.54, 1.807) is 42.3 Å². The molecule has 4 rings (SSSR count). The molecule has 45 heavy (non-hydrogen) atoms. The van der Waals surface area contributed by atoms with Crippen LogP contribution in [0, 0.1) is 0 Å². The van der Waals surface area contributed by atoms with Gasteiger partial charge in [0.2, 0.25) is 0 Å². The second-order valence-electron chi connectivity index (χ2n) is 11.8. The largest absolute Gasteiger partial charge is 0.497 e. The molecule has 4 unspecified atom stereocenters. The number of methoxy groups -OCH3 is 4. The monoisotopic (exact) mass is 614 g/mol. The minimum atomic E-state index is -1.24. The van der Waals surface area contributed by atoms with Crippen molar-refractivity contribution in [3.05, 3.63) is 119 Å². The molecule has 0 aliphatic carbocycles. The van der Waals surface area contributed by atoms with Gasteiger partial charge in [-0.1, -0.05) is 60.7 Å². The highest BCUT2D eigenvalue weighted by molar-refractivity contribution is 5.45. The molecule has 0 saturated heterocycles. The van der Waals surface area contributed by atoms with Crippen LogP contribution in [0.5, 0.6) is 23.0 Å². The Morgan fingerprint density at radius 1 is 0.533 bits per heavy atom. The van der Waals surface area contributed by atoms with Crippen LogP contribution in [0.1, 0.15) is 60.8 Å². The molecule has 0 spiro atoms. The summed E-state index contributed by atoms with van der Waals surface area (Å²) in [4.78, 5) is 0. The van der Waals surface area contributed by atoms with Crippen molar-refractivity contribution >= 4 is 0 Å². The van der Waals surface area contributed by atoms with Gasteiger partial charge in [-0.25, -0.2) is 0 Å². The molecule has 0 heterocycles. The van der Waals surface area contributed by atoms with E-state index in [4.69, 9.17) is 23.7 Å². The Morgan fingerprint density at radius 2 is 0.911 bits per heavy atom. The van der Waals surface area contributed by atoms with Crippen molar-refractivity contribution in [2.24, 2.45) is 0 Å². The summed E-state index contributed by atoms with van der Waals surface area (Å²) in [5.41, 5.74) is 0.934. The number of aliphatic hydroxyl groups is 2. The van der Waals surface area contributed by atoms with Gasteiger partial charge in [-0.3, -0.25) is 0 Å². The fourth-order valence-electron chi connectivity index (χ4n) is 6.00. The van der Waals surface area contributed by atoms with Gasteiger partial charge in [0.25, 0.3) is 0 Å². The van der Waals surface area contributed by atoms with Crippen LogP contribution in [-0.4, -0.2) is 51.9 Å². The van der Waals surface area contributed by atoms with Crippen LogP contribution >= 0.6 is 0 Å². The normalized spacial score (nSPS) is 15.3. The van der Waals surface area contributed by atoms with E-state index >= 15 is 0 Å². The average molecular weight is 615 g/mol. The number of rotatable bonds is 16. The summed E-state index contributed by atoms with van der Waals surface area (Å²) in [7, 11) is 6.40. The SMILES string of the molecule is COc1ccc(OC)c(C(C)(O)CC(COCC(CC(C)(O)c2cc(OC)ccc2OC)c2ccccc2)c2ccccc2)c1. The van der Waals surface area contributed by atoms with Crippen molar-refractivity contribution in [3.63, 3.8) is 0 Å². The number of hydrogen-bond donors (Lipinski definition) is 2. The molecule has 0 amide bonds. The van der Waals surface area contributed by atoms with Crippen LogP contribution in [0.25, 0.3) is 0 Å². The Balaban J connectivity index is 1.59. The summed E-state index contributed by atoms with van der Waals surface area (Å²) >= 11 is 0. The van der Waals surface area contributed by atoms with E-state index < -0.39 is 11.2 Å². The first kappa shape index (κ1) is 33.8. The predicted octanol–water partition coefficient (Wildman–Crippen LogP) is 7.20. The highest BCUT2D eigenvalue weighted by atomic mass is 16.5. The first-order chi connectivity index (χ1) is 21.6. The topological polar surface area (TPSA) is 86.6 Å². The van der Waals surface area contributed by atoms with Gasteiger partial charge in [-0.15, -0.1) is 0 Å². The molecule has 0 aromatic heterocycles. The zero-order valence-electron chi connectivity index (χ0n) is 27.2. The van der Waals surface area contributed by atoms with Gasteiger partial charge in [0.1, 0.15) is 23.0 Å². The Labute approximate surface area is 267 Å². The minimum absolute atomic E-state index is 0.132. The lowest BCUT2D eigenvalue weighted by Gasteiger charge is -2.32. The van der Waals surface area contributed by atoms with Crippen LogP contribution in [0.3, 0.4) is 0 Å². The third-order valence-electron chi connectivity index (χ3n) is 8.44. The average Bonchev–Trinajstić information content (AvgIpc) is 3.07. The zero-order chi connectivity index (χ0) is 32.5. The summed E-state index contributed by atoms with van der Waals surface area (Å²) in [6.45, 7) is 4.32. The van der Waals surface area contributed by atoms with E-state index in [-0.39, 0.29) is 11.8 Å². The van der Waals surface area contributed by atoms with Crippen molar-refractivity contribution < 1.29 is 33.9 Å². The molecular weight excluding hydrogens is 568 g/mol. The molecule has 240 valence electrons. The standard InChI is InChI=1S/C38H46O7/c1-37(39,33-21-31(41-3)17-19-35(33)43-5)23-29(27-13-9-7-10-14-27)25-45-26-30(28-15-11-8-12-16-28)24-38(2,40)34-22-32(42-4)18-20-36(34)44-6/h7-22,29-30,39-40H,23-26H2,1-6H3. The van der Waals surface area contributed by atoms with Crippen LogP contribution < -0.4 is 18.9 Å². The van der Waals surface area contributed by atoms with Crippen molar-refractivity contribution in [2.75, 3.05) is 41.7 Å². The van der Waals surface area contributed by atoms with Crippen LogP contribution in [0.4, 0.5) is 0 Å². The van der Waals surface area contributed by atoms with E-state index in [9.17, 15) is 10.2 Å². The molecule has 2 N–H and O–H groups in total. The van der Waals surface area contributed by atoms with E-state index in [1.165, 1.54) is 0 Å². The third kappa shape index (κ3) is 8.57. The Hall–Kier alpha value is -4.04. The summed E-state index contributed by atoms with van der Waals surface area (Å²) in [6.07, 6.45) is 0.768. The molecule has 0 saturated carbocycles. The first-order valence-corrected chi connectivity index (χ1v) is 15.2. The second kappa shape index (κ2) is 15.3. The fraction of sp³-hybridized carbons (Fsp3) is 0.368. The minimum Gasteiger partial charge on any atom is -0.497 e. The smallest absolute Gasteiger partial charge is 0.125 e. The molecule has 0 aliphatic rings. The summed E-state index contributed by atoms with van der Waals surface area (Å²) < 4.78 is 28.6. The summed E-state index contributed by atoms with van der Waals surface area (Å²) in [6, 6.07) is 31.1. The molecule has 0 aliphatic heterocycles. The zero-order valence-corrected chi connectivity index (χ0v) is 27.2. The number of benzene rings is 4. The Bertz CT molecular complexity index is 1370. The highest BCUT2D eigenvalue weighted by Gasteiger charge is 2.34. The highest BCUT2D eigenvalue weighted by Crippen LogP contribution is 2.41.